The van der Waals surface area contributed by atoms with Gasteiger partial charge in [-0.15, -0.1) is 0 Å². The van der Waals surface area contributed by atoms with Crippen LogP contribution in [0.25, 0.3) is 0 Å². The lowest BCUT2D eigenvalue weighted by molar-refractivity contribution is -0.143. The molecule has 1 saturated heterocycles. The molecule has 1 atom stereocenters. The summed E-state index contributed by atoms with van der Waals surface area (Å²) in [6.07, 6.45) is 6.54. The minimum atomic E-state index is -0.140. The maximum Gasteiger partial charge on any atom is 0.307 e. The van der Waals surface area contributed by atoms with Crippen molar-refractivity contribution >= 4 is 5.97 Å². The van der Waals surface area contributed by atoms with Crippen molar-refractivity contribution in [1.82, 2.24) is 14.9 Å². The third-order valence-electron chi connectivity index (χ3n) is 3.32. The molecule has 1 fully saturated rings. The molecule has 1 aromatic rings. The van der Waals surface area contributed by atoms with E-state index in [0.29, 0.717) is 25.5 Å². The minimum Gasteiger partial charge on any atom is -0.466 e. The Bertz CT molecular complexity index is 383. The number of imidazole rings is 1. The van der Waals surface area contributed by atoms with Crippen molar-refractivity contribution in [3.8, 4) is 0 Å². The van der Waals surface area contributed by atoms with Crippen molar-refractivity contribution in [2.75, 3.05) is 19.7 Å². The van der Waals surface area contributed by atoms with E-state index in [1.807, 2.05) is 19.4 Å². The molecule has 2 heterocycles. The molecule has 1 aliphatic rings. The van der Waals surface area contributed by atoms with Gasteiger partial charge in [0.2, 0.25) is 0 Å². The molecule has 0 aromatic carbocycles. The fourth-order valence-electron chi connectivity index (χ4n) is 2.41. The first-order valence-corrected chi connectivity index (χ1v) is 6.67. The molecular weight excluding hydrogens is 230 g/mol. The van der Waals surface area contributed by atoms with E-state index in [1.165, 1.54) is 18.5 Å². The molecule has 0 radical (unpaired) electrons. The first kappa shape index (κ1) is 13.1. The Morgan fingerprint density at radius 2 is 2.56 bits per heavy atom. The van der Waals surface area contributed by atoms with Crippen LogP contribution in [-0.2, 0) is 16.1 Å². The maximum atomic E-state index is 11.4. The van der Waals surface area contributed by atoms with Gasteiger partial charge in [-0.25, -0.2) is 4.98 Å². The minimum absolute atomic E-state index is 0.140. The molecule has 0 spiro atoms. The predicted octanol–water partition coefficient (Wildman–Crippen LogP) is 1.30. The normalized spacial score (nSPS) is 19.7. The van der Waals surface area contributed by atoms with Gasteiger partial charge in [0, 0.05) is 30.9 Å². The summed E-state index contributed by atoms with van der Waals surface area (Å²) in [4.78, 5) is 15.6. The Hall–Kier alpha value is -1.36. The number of esters is 1. The molecule has 1 aromatic heterocycles. The average Bonchev–Trinajstić information content (AvgIpc) is 2.86. The summed E-state index contributed by atoms with van der Waals surface area (Å²) in [5, 5.41) is 3.40. The number of piperidine rings is 1. The number of rotatable bonds is 5. The topological polar surface area (TPSA) is 56.2 Å². The number of ether oxygens (including phenoxy) is 1. The van der Waals surface area contributed by atoms with Crippen LogP contribution in [0.5, 0.6) is 0 Å². The van der Waals surface area contributed by atoms with Gasteiger partial charge in [-0.3, -0.25) is 4.79 Å². The molecule has 2 rings (SSSR count). The quantitative estimate of drug-likeness (QED) is 0.802. The van der Waals surface area contributed by atoms with Gasteiger partial charge in [0.15, 0.2) is 0 Å². The van der Waals surface area contributed by atoms with Crippen molar-refractivity contribution in [3.05, 3.63) is 18.2 Å². The van der Waals surface area contributed by atoms with Gasteiger partial charge in [-0.05, 0) is 26.3 Å². The first-order valence-electron chi connectivity index (χ1n) is 6.67. The fourth-order valence-corrected chi connectivity index (χ4v) is 2.41. The molecule has 18 heavy (non-hydrogen) atoms. The third-order valence-corrected chi connectivity index (χ3v) is 3.32. The summed E-state index contributed by atoms with van der Waals surface area (Å²) < 4.78 is 7.02. The smallest absolute Gasteiger partial charge is 0.307 e. The number of hydrogen-bond donors (Lipinski definition) is 1. The molecular formula is C13H21N3O2. The van der Waals surface area contributed by atoms with Gasteiger partial charge in [0.05, 0.1) is 19.4 Å². The van der Waals surface area contributed by atoms with Crippen molar-refractivity contribution in [3.63, 3.8) is 0 Å². The monoisotopic (exact) mass is 251 g/mol. The summed E-state index contributed by atoms with van der Waals surface area (Å²) in [6, 6.07) is 0. The Morgan fingerprint density at radius 3 is 3.28 bits per heavy atom. The number of carbonyl (C=O) groups excluding carboxylic acids is 1. The van der Waals surface area contributed by atoms with Crippen LogP contribution in [0.2, 0.25) is 0 Å². The van der Waals surface area contributed by atoms with Crippen molar-refractivity contribution < 1.29 is 9.53 Å². The number of nitrogens with zero attached hydrogens (tertiary/aromatic N) is 2. The Labute approximate surface area is 108 Å². The average molecular weight is 251 g/mol. The molecule has 1 aliphatic heterocycles. The Balaban J connectivity index is 1.92. The molecule has 5 nitrogen and oxygen atoms in total. The lowest BCUT2D eigenvalue weighted by Gasteiger charge is -2.23. The van der Waals surface area contributed by atoms with Crippen LogP contribution in [0.3, 0.4) is 0 Å². The second-order valence-electron chi connectivity index (χ2n) is 4.61. The van der Waals surface area contributed by atoms with Crippen LogP contribution in [0, 0.1) is 0 Å². The van der Waals surface area contributed by atoms with E-state index in [9.17, 15) is 4.79 Å². The van der Waals surface area contributed by atoms with Crippen LogP contribution in [0.15, 0.2) is 12.5 Å². The predicted molar refractivity (Wildman–Crippen MR) is 68.3 cm³/mol. The van der Waals surface area contributed by atoms with Crippen LogP contribution in [-0.4, -0.2) is 35.2 Å². The van der Waals surface area contributed by atoms with Gasteiger partial charge in [0.1, 0.15) is 0 Å². The molecule has 0 amide bonds. The molecule has 0 aliphatic carbocycles. The number of aryl methyl sites for hydroxylation is 1. The van der Waals surface area contributed by atoms with Gasteiger partial charge in [0.25, 0.3) is 0 Å². The molecule has 100 valence electrons. The third kappa shape index (κ3) is 3.32. The highest BCUT2D eigenvalue weighted by molar-refractivity contribution is 5.69. The van der Waals surface area contributed by atoms with E-state index >= 15 is 0 Å². The van der Waals surface area contributed by atoms with Crippen molar-refractivity contribution in [1.29, 1.82) is 0 Å². The zero-order valence-electron chi connectivity index (χ0n) is 10.9. The number of nitrogens with one attached hydrogen (secondary N) is 1. The lowest BCUT2D eigenvalue weighted by atomic mass is 9.96. The van der Waals surface area contributed by atoms with E-state index in [0.717, 1.165) is 13.1 Å². The maximum absolute atomic E-state index is 11.4. The van der Waals surface area contributed by atoms with Crippen molar-refractivity contribution in [2.24, 2.45) is 0 Å². The zero-order chi connectivity index (χ0) is 12.8. The highest BCUT2D eigenvalue weighted by Crippen LogP contribution is 2.22. The fraction of sp³-hybridized carbons (Fsp3) is 0.692. The zero-order valence-corrected chi connectivity index (χ0v) is 10.9. The first-order chi connectivity index (χ1) is 8.81. The van der Waals surface area contributed by atoms with E-state index < -0.39 is 0 Å². The van der Waals surface area contributed by atoms with Crippen LogP contribution in [0.1, 0.15) is 37.8 Å². The molecule has 0 bridgehead atoms. The molecule has 1 N–H and O–H groups in total. The summed E-state index contributed by atoms with van der Waals surface area (Å²) in [6.45, 7) is 5.04. The molecule has 1 unspecified atom stereocenters. The largest absolute Gasteiger partial charge is 0.466 e. The van der Waals surface area contributed by atoms with E-state index in [2.05, 4.69) is 14.9 Å². The van der Waals surface area contributed by atoms with Crippen LogP contribution < -0.4 is 5.32 Å². The summed E-state index contributed by atoms with van der Waals surface area (Å²) in [7, 11) is 0. The highest BCUT2D eigenvalue weighted by Gasteiger charge is 2.18. The van der Waals surface area contributed by atoms with Gasteiger partial charge in [-0.2, -0.15) is 0 Å². The van der Waals surface area contributed by atoms with E-state index in [4.69, 9.17) is 4.74 Å². The highest BCUT2D eigenvalue weighted by atomic mass is 16.5. The van der Waals surface area contributed by atoms with Gasteiger partial charge < -0.3 is 14.6 Å². The summed E-state index contributed by atoms with van der Waals surface area (Å²) in [5.41, 5.74) is 1.23. The van der Waals surface area contributed by atoms with Gasteiger partial charge in [-0.1, -0.05) is 0 Å². The SMILES string of the molecule is CCOC(=O)CCn1cncc1C1CCCNC1. The van der Waals surface area contributed by atoms with Crippen molar-refractivity contribution in [2.45, 2.75) is 38.6 Å². The standard InChI is InChI=1S/C13H21N3O2/c1-2-18-13(17)5-7-16-10-15-9-12(16)11-4-3-6-14-8-11/h9-11,14H,2-8H2,1H3. The second-order valence-corrected chi connectivity index (χ2v) is 4.61. The molecule has 5 heteroatoms. The Kier molecular flexibility index (Phi) is 4.75. The van der Waals surface area contributed by atoms with Gasteiger partial charge >= 0.3 is 5.97 Å². The number of aromatic nitrogens is 2. The summed E-state index contributed by atoms with van der Waals surface area (Å²) in [5.74, 6) is 0.377. The van der Waals surface area contributed by atoms with E-state index in [1.54, 1.807) is 0 Å². The Morgan fingerprint density at radius 1 is 1.67 bits per heavy atom. The van der Waals surface area contributed by atoms with Crippen LogP contribution in [0.4, 0.5) is 0 Å². The van der Waals surface area contributed by atoms with E-state index in [-0.39, 0.29) is 5.97 Å². The lowest BCUT2D eigenvalue weighted by Crippen LogP contribution is -2.29. The number of carbonyl (C=O) groups is 1. The second kappa shape index (κ2) is 6.54. The van der Waals surface area contributed by atoms with Crippen LogP contribution >= 0.6 is 0 Å². The molecule has 0 saturated carbocycles. The number of hydrogen-bond acceptors (Lipinski definition) is 4. The summed E-state index contributed by atoms with van der Waals surface area (Å²) >= 11 is 0.